The molecule has 3 rings (SSSR count). The molecule has 0 atom stereocenters. The summed E-state index contributed by atoms with van der Waals surface area (Å²) in [6, 6.07) is 7.87. The Morgan fingerprint density at radius 3 is 2.57 bits per heavy atom. The summed E-state index contributed by atoms with van der Waals surface area (Å²) in [5, 5.41) is 13.6. The van der Waals surface area contributed by atoms with Crippen LogP contribution in [0.5, 0.6) is 5.75 Å². The number of aromatic nitrogens is 2. The largest absolute Gasteiger partial charge is 0.497 e. The van der Waals surface area contributed by atoms with Crippen molar-refractivity contribution in [3.8, 4) is 5.75 Å². The number of benzene rings is 1. The molecule has 1 aromatic carbocycles. The normalized spacial score (nSPS) is 22.2. The van der Waals surface area contributed by atoms with Crippen LogP contribution < -0.4 is 4.74 Å². The zero-order valence-electron chi connectivity index (χ0n) is 12.2. The van der Waals surface area contributed by atoms with Gasteiger partial charge in [0.2, 0.25) is 5.89 Å². The Labute approximate surface area is 123 Å². The van der Waals surface area contributed by atoms with E-state index in [0.29, 0.717) is 24.1 Å². The summed E-state index contributed by atoms with van der Waals surface area (Å²) in [4.78, 5) is 4.51. The number of aliphatic hydroxyl groups is 1. The number of aliphatic hydroxyl groups excluding tert-OH is 1. The predicted molar refractivity (Wildman–Crippen MR) is 77.3 cm³/mol. The third-order valence-electron chi connectivity index (χ3n) is 4.05. The Hall–Kier alpha value is -1.88. The summed E-state index contributed by atoms with van der Waals surface area (Å²) >= 11 is 0. The SMILES string of the molecule is COc1ccc(Cc2noc(C3CCC(O)CC3)n2)cc1. The van der Waals surface area contributed by atoms with Crippen LogP contribution in [0.1, 0.15) is 48.9 Å². The molecular weight excluding hydrogens is 268 g/mol. The number of hydrogen-bond donors (Lipinski definition) is 1. The third kappa shape index (κ3) is 3.42. The van der Waals surface area contributed by atoms with Crippen LogP contribution in [0, 0.1) is 0 Å². The third-order valence-corrected chi connectivity index (χ3v) is 4.05. The Balaban J connectivity index is 1.64. The van der Waals surface area contributed by atoms with Gasteiger partial charge < -0.3 is 14.4 Å². The smallest absolute Gasteiger partial charge is 0.229 e. The van der Waals surface area contributed by atoms with Gasteiger partial charge in [0, 0.05) is 12.3 Å². The predicted octanol–water partition coefficient (Wildman–Crippen LogP) is 2.69. The molecule has 0 bridgehead atoms. The minimum atomic E-state index is -0.164. The molecule has 21 heavy (non-hydrogen) atoms. The van der Waals surface area contributed by atoms with Gasteiger partial charge in [-0.3, -0.25) is 0 Å². The van der Waals surface area contributed by atoms with E-state index in [4.69, 9.17) is 9.26 Å². The molecule has 5 nitrogen and oxygen atoms in total. The topological polar surface area (TPSA) is 68.4 Å². The number of methoxy groups -OCH3 is 1. The summed E-state index contributed by atoms with van der Waals surface area (Å²) < 4.78 is 10.5. The molecule has 1 aliphatic carbocycles. The molecule has 0 aliphatic heterocycles. The fraction of sp³-hybridized carbons (Fsp3) is 0.500. The van der Waals surface area contributed by atoms with Crippen LogP contribution in [-0.2, 0) is 6.42 Å². The molecule has 1 aliphatic rings. The van der Waals surface area contributed by atoms with Crippen molar-refractivity contribution in [2.45, 2.75) is 44.1 Å². The van der Waals surface area contributed by atoms with Crippen LogP contribution in [-0.4, -0.2) is 28.5 Å². The van der Waals surface area contributed by atoms with Gasteiger partial charge in [-0.25, -0.2) is 0 Å². The highest BCUT2D eigenvalue weighted by Gasteiger charge is 2.25. The van der Waals surface area contributed by atoms with Gasteiger partial charge in [0.1, 0.15) is 5.75 Å². The van der Waals surface area contributed by atoms with Crippen molar-refractivity contribution in [1.82, 2.24) is 10.1 Å². The van der Waals surface area contributed by atoms with Crippen LogP contribution in [0.2, 0.25) is 0 Å². The highest BCUT2D eigenvalue weighted by atomic mass is 16.5. The van der Waals surface area contributed by atoms with Crippen LogP contribution in [0.15, 0.2) is 28.8 Å². The molecule has 2 aromatic rings. The van der Waals surface area contributed by atoms with Crippen LogP contribution >= 0.6 is 0 Å². The van der Waals surface area contributed by atoms with Crippen molar-refractivity contribution in [3.63, 3.8) is 0 Å². The van der Waals surface area contributed by atoms with E-state index in [1.165, 1.54) is 0 Å². The van der Waals surface area contributed by atoms with Crippen molar-refractivity contribution in [2.24, 2.45) is 0 Å². The maximum atomic E-state index is 9.54. The Morgan fingerprint density at radius 2 is 1.90 bits per heavy atom. The van der Waals surface area contributed by atoms with Crippen molar-refractivity contribution in [2.75, 3.05) is 7.11 Å². The molecular formula is C16H20N2O3. The summed E-state index contributed by atoms with van der Waals surface area (Å²) in [5.74, 6) is 2.56. The van der Waals surface area contributed by atoms with Gasteiger partial charge in [-0.1, -0.05) is 17.3 Å². The van der Waals surface area contributed by atoms with Gasteiger partial charge in [0.15, 0.2) is 5.82 Å². The second kappa shape index (κ2) is 6.26. The maximum absolute atomic E-state index is 9.54. The summed E-state index contributed by atoms with van der Waals surface area (Å²) in [5.41, 5.74) is 1.13. The van der Waals surface area contributed by atoms with E-state index in [0.717, 1.165) is 37.0 Å². The highest BCUT2D eigenvalue weighted by molar-refractivity contribution is 5.28. The minimum Gasteiger partial charge on any atom is -0.497 e. The molecule has 1 fully saturated rings. The van der Waals surface area contributed by atoms with Crippen molar-refractivity contribution >= 4 is 0 Å². The van der Waals surface area contributed by atoms with E-state index < -0.39 is 0 Å². The standard InChI is InChI=1S/C16H20N2O3/c1-20-14-8-2-11(3-9-14)10-15-17-16(21-18-15)12-4-6-13(19)7-5-12/h2-3,8-9,12-13,19H,4-7,10H2,1H3. The number of nitrogens with zero attached hydrogens (tertiary/aromatic N) is 2. The molecule has 0 amide bonds. The quantitative estimate of drug-likeness (QED) is 0.936. The Morgan fingerprint density at radius 1 is 1.19 bits per heavy atom. The monoisotopic (exact) mass is 288 g/mol. The van der Waals surface area contributed by atoms with Gasteiger partial charge in [-0.05, 0) is 43.4 Å². The first-order valence-corrected chi connectivity index (χ1v) is 7.38. The first-order chi connectivity index (χ1) is 10.2. The molecule has 0 unspecified atom stereocenters. The van der Waals surface area contributed by atoms with Gasteiger partial charge >= 0.3 is 0 Å². The van der Waals surface area contributed by atoms with Crippen LogP contribution in [0.25, 0.3) is 0 Å². The van der Waals surface area contributed by atoms with E-state index in [1.54, 1.807) is 7.11 Å². The van der Waals surface area contributed by atoms with Crippen molar-refractivity contribution in [3.05, 3.63) is 41.5 Å². The Bertz CT molecular complexity index is 571. The molecule has 1 saturated carbocycles. The summed E-state index contributed by atoms with van der Waals surface area (Å²) in [7, 11) is 1.65. The molecule has 1 heterocycles. The number of rotatable bonds is 4. The molecule has 0 spiro atoms. The summed E-state index contributed by atoms with van der Waals surface area (Å²) in [6.07, 6.45) is 3.98. The minimum absolute atomic E-state index is 0.164. The molecule has 0 saturated heterocycles. The number of ether oxygens (including phenoxy) is 1. The van der Waals surface area contributed by atoms with Crippen LogP contribution in [0.3, 0.4) is 0 Å². The molecule has 112 valence electrons. The summed E-state index contributed by atoms with van der Waals surface area (Å²) in [6.45, 7) is 0. The van der Waals surface area contributed by atoms with Gasteiger partial charge in [0.05, 0.1) is 13.2 Å². The van der Waals surface area contributed by atoms with E-state index in [9.17, 15) is 5.11 Å². The van der Waals surface area contributed by atoms with Crippen LogP contribution in [0.4, 0.5) is 0 Å². The average molecular weight is 288 g/mol. The lowest BCUT2D eigenvalue weighted by Crippen LogP contribution is -2.17. The van der Waals surface area contributed by atoms with E-state index in [1.807, 2.05) is 24.3 Å². The van der Waals surface area contributed by atoms with Crippen molar-refractivity contribution < 1.29 is 14.4 Å². The lowest BCUT2D eigenvalue weighted by atomic mass is 9.87. The highest BCUT2D eigenvalue weighted by Crippen LogP contribution is 2.31. The van der Waals surface area contributed by atoms with Crippen molar-refractivity contribution in [1.29, 1.82) is 0 Å². The molecule has 1 N–H and O–H groups in total. The fourth-order valence-electron chi connectivity index (χ4n) is 2.75. The van der Waals surface area contributed by atoms with Gasteiger partial charge in [-0.15, -0.1) is 0 Å². The fourth-order valence-corrected chi connectivity index (χ4v) is 2.75. The van der Waals surface area contributed by atoms with Gasteiger partial charge in [-0.2, -0.15) is 4.98 Å². The zero-order chi connectivity index (χ0) is 14.7. The molecule has 5 heteroatoms. The second-order valence-electron chi connectivity index (χ2n) is 5.58. The Kier molecular flexibility index (Phi) is 4.20. The zero-order valence-corrected chi connectivity index (χ0v) is 12.2. The maximum Gasteiger partial charge on any atom is 0.229 e. The number of hydrogen-bond acceptors (Lipinski definition) is 5. The van der Waals surface area contributed by atoms with E-state index in [-0.39, 0.29) is 6.10 Å². The lowest BCUT2D eigenvalue weighted by molar-refractivity contribution is 0.116. The average Bonchev–Trinajstić information content (AvgIpc) is 2.97. The first-order valence-electron chi connectivity index (χ1n) is 7.38. The first kappa shape index (κ1) is 14.1. The second-order valence-corrected chi connectivity index (χ2v) is 5.58. The molecule has 1 aromatic heterocycles. The lowest BCUT2D eigenvalue weighted by Gasteiger charge is -2.22. The van der Waals surface area contributed by atoms with E-state index >= 15 is 0 Å². The molecule has 0 radical (unpaired) electrons. The van der Waals surface area contributed by atoms with E-state index in [2.05, 4.69) is 10.1 Å². The van der Waals surface area contributed by atoms with Gasteiger partial charge in [0.25, 0.3) is 0 Å².